The first-order valence-corrected chi connectivity index (χ1v) is 6.57. The smallest absolute Gasteiger partial charge is 0.282 e. The minimum absolute atomic E-state index is 0.209. The Morgan fingerprint density at radius 1 is 1.61 bits per heavy atom. The van der Waals surface area contributed by atoms with Gasteiger partial charge in [-0.2, -0.15) is 5.10 Å². The van der Waals surface area contributed by atoms with Crippen molar-refractivity contribution in [2.75, 3.05) is 25.1 Å². The van der Waals surface area contributed by atoms with Gasteiger partial charge in [-0.25, -0.2) is 4.68 Å². The Morgan fingerprint density at radius 2 is 2.28 bits per heavy atom. The second-order valence-electron chi connectivity index (χ2n) is 4.49. The summed E-state index contributed by atoms with van der Waals surface area (Å²) in [6.45, 7) is 1.51. The number of rotatable bonds is 3. The molecule has 1 saturated heterocycles. The zero-order valence-corrected chi connectivity index (χ0v) is 11.7. The summed E-state index contributed by atoms with van der Waals surface area (Å²) < 4.78 is 6.89. The van der Waals surface area contributed by atoms with E-state index < -0.39 is 5.60 Å². The van der Waals surface area contributed by atoms with Gasteiger partial charge in [0.25, 0.3) is 5.56 Å². The maximum Gasteiger partial charge on any atom is 0.282 e. The van der Waals surface area contributed by atoms with Crippen molar-refractivity contribution in [3.05, 3.63) is 21.0 Å². The Kier molecular flexibility index (Phi) is 4.04. The standard InChI is InChI=1S/C11H16BrN3O3/c1-15-10(16)9(12)8(6-14-15)13-7-11(17)2-4-18-5-3-11/h6,13,17H,2-5,7H2,1H3. The van der Waals surface area contributed by atoms with Crippen LogP contribution < -0.4 is 10.9 Å². The van der Waals surface area contributed by atoms with Crippen LogP contribution in [-0.4, -0.2) is 40.2 Å². The second-order valence-corrected chi connectivity index (χ2v) is 5.28. The number of anilines is 1. The van der Waals surface area contributed by atoms with Crippen molar-refractivity contribution in [3.63, 3.8) is 0 Å². The van der Waals surface area contributed by atoms with Crippen LogP contribution in [-0.2, 0) is 11.8 Å². The molecule has 1 fully saturated rings. The summed E-state index contributed by atoms with van der Waals surface area (Å²) in [5, 5.41) is 17.3. The molecule has 2 heterocycles. The van der Waals surface area contributed by atoms with Crippen molar-refractivity contribution in [2.45, 2.75) is 18.4 Å². The number of aromatic nitrogens is 2. The highest BCUT2D eigenvalue weighted by Gasteiger charge is 2.29. The number of aliphatic hydroxyl groups is 1. The van der Waals surface area contributed by atoms with Crippen LogP contribution in [0.1, 0.15) is 12.8 Å². The molecule has 0 amide bonds. The number of aryl methyl sites for hydroxylation is 1. The van der Waals surface area contributed by atoms with Gasteiger partial charge in [-0.15, -0.1) is 0 Å². The van der Waals surface area contributed by atoms with Crippen LogP contribution in [0.3, 0.4) is 0 Å². The van der Waals surface area contributed by atoms with Crippen LogP contribution in [0.15, 0.2) is 15.5 Å². The lowest BCUT2D eigenvalue weighted by Gasteiger charge is -2.32. The van der Waals surface area contributed by atoms with Crippen LogP contribution in [0.4, 0.5) is 5.69 Å². The summed E-state index contributed by atoms with van der Waals surface area (Å²) in [5.41, 5.74) is -0.393. The molecule has 0 aliphatic carbocycles. The van der Waals surface area contributed by atoms with Crippen LogP contribution in [0, 0.1) is 0 Å². The molecule has 2 rings (SSSR count). The van der Waals surface area contributed by atoms with E-state index in [9.17, 15) is 9.90 Å². The average Bonchev–Trinajstić information content (AvgIpc) is 2.36. The third kappa shape index (κ3) is 2.90. The van der Waals surface area contributed by atoms with Crippen molar-refractivity contribution in [2.24, 2.45) is 7.05 Å². The van der Waals surface area contributed by atoms with Crippen LogP contribution in [0.5, 0.6) is 0 Å². The average molecular weight is 318 g/mol. The van der Waals surface area contributed by atoms with Crippen LogP contribution >= 0.6 is 15.9 Å². The molecular formula is C11H16BrN3O3. The van der Waals surface area contributed by atoms with Gasteiger partial charge in [0.15, 0.2) is 0 Å². The van der Waals surface area contributed by atoms with Gasteiger partial charge in [-0.05, 0) is 15.9 Å². The maximum atomic E-state index is 11.7. The molecule has 1 aromatic rings. The number of ether oxygens (including phenoxy) is 1. The first kappa shape index (κ1) is 13.5. The highest BCUT2D eigenvalue weighted by molar-refractivity contribution is 9.10. The number of nitrogens with zero attached hydrogens (tertiary/aromatic N) is 2. The second kappa shape index (κ2) is 5.38. The van der Waals surface area contributed by atoms with Gasteiger partial charge in [0.1, 0.15) is 4.47 Å². The fourth-order valence-corrected chi connectivity index (χ4v) is 2.32. The highest BCUT2D eigenvalue weighted by Crippen LogP contribution is 2.23. The quantitative estimate of drug-likeness (QED) is 0.849. The lowest BCUT2D eigenvalue weighted by atomic mass is 9.94. The van der Waals surface area contributed by atoms with E-state index in [2.05, 4.69) is 26.3 Å². The van der Waals surface area contributed by atoms with E-state index in [4.69, 9.17) is 4.74 Å². The number of halogens is 1. The van der Waals surface area contributed by atoms with Crippen molar-refractivity contribution in [1.29, 1.82) is 0 Å². The molecule has 1 aromatic heterocycles. The van der Waals surface area contributed by atoms with E-state index in [0.717, 1.165) is 0 Å². The molecule has 0 atom stereocenters. The van der Waals surface area contributed by atoms with Gasteiger partial charge in [-0.1, -0.05) is 0 Å². The SMILES string of the molecule is Cn1ncc(NCC2(O)CCOCC2)c(Br)c1=O. The molecule has 0 spiro atoms. The summed E-state index contributed by atoms with van der Waals surface area (Å²) in [4.78, 5) is 11.7. The molecule has 6 nitrogen and oxygen atoms in total. The molecule has 7 heteroatoms. The molecule has 0 aromatic carbocycles. The number of nitrogens with one attached hydrogen (secondary N) is 1. The summed E-state index contributed by atoms with van der Waals surface area (Å²) in [6, 6.07) is 0. The summed E-state index contributed by atoms with van der Waals surface area (Å²) >= 11 is 3.23. The van der Waals surface area contributed by atoms with Gasteiger partial charge in [-0.3, -0.25) is 4.79 Å². The van der Waals surface area contributed by atoms with Gasteiger partial charge >= 0.3 is 0 Å². The topological polar surface area (TPSA) is 76.4 Å². The monoisotopic (exact) mass is 317 g/mol. The Balaban J connectivity index is 2.06. The van der Waals surface area contributed by atoms with Gasteiger partial charge in [0, 0.05) is 39.6 Å². The fraction of sp³-hybridized carbons (Fsp3) is 0.636. The summed E-state index contributed by atoms with van der Waals surface area (Å²) in [5.74, 6) is 0. The highest BCUT2D eigenvalue weighted by atomic mass is 79.9. The minimum Gasteiger partial charge on any atom is -0.388 e. The van der Waals surface area contributed by atoms with Crippen molar-refractivity contribution < 1.29 is 9.84 Å². The number of hydrogen-bond acceptors (Lipinski definition) is 5. The molecular weight excluding hydrogens is 302 g/mol. The summed E-state index contributed by atoms with van der Waals surface area (Å²) in [6.07, 6.45) is 2.75. The largest absolute Gasteiger partial charge is 0.388 e. The lowest BCUT2D eigenvalue weighted by molar-refractivity contribution is -0.0543. The lowest BCUT2D eigenvalue weighted by Crippen LogP contribution is -2.42. The number of hydrogen-bond donors (Lipinski definition) is 2. The molecule has 0 bridgehead atoms. The molecule has 1 aliphatic rings. The maximum absolute atomic E-state index is 11.7. The van der Waals surface area contributed by atoms with Crippen LogP contribution in [0.25, 0.3) is 0 Å². The zero-order chi connectivity index (χ0) is 13.2. The Labute approximate surface area is 113 Å². The minimum atomic E-state index is -0.779. The predicted octanol–water partition coefficient (Wildman–Crippen LogP) is 0.496. The first-order chi connectivity index (χ1) is 8.52. The van der Waals surface area contributed by atoms with Crippen molar-refractivity contribution in [1.82, 2.24) is 9.78 Å². The fourth-order valence-electron chi connectivity index (χ4n) is 1.82. The van der Waals surface area contributed by atoms with E-state index in [-0.39, 0.29) is 5.56 Å². The Bertz CT molecular complexity index is 483. The zero-order valence-electron chi connectivity index (χ0n) is 10.1. The van der Waals surface area contributed by atoms with E-state index >= 15 is 0 Å². The van der Waals surface area contributed by atoms with Gasteiger partial charge < -0.3 is 15.2 Å². The van der Waals surface area contributed by atoms with E-state index in [1.54, 1.807) is 13.2 Å². The molecule has 1 aliphatic heterocycles. The molecule has 0 unspecified atom stereocenters. The molecule has 2 N–H and O–H groups in total. The Morgan fingerprint density at radius 3 is 2.94 bits per heavy atom. The van der Waals surface area contributed by atoms with Crippen molar-refractivity contribution >= 4 is 21.6 Å². The first-order valence-electron chi connectivity index (χ1n) is 5.78. The van der Waals surface area contributed by atoms with Crippen molar-refractivity contribution in [3.8, 4) is 0 Å². The van der Waals surface area contributed by atoms with E-state index in [1.807, 2.05) is 0 Å². The molecule has 0 radical (unpaired) electrons. The molecule has 0 saturated carbocycles. The van der Waals surface area contributed by atoms with Gasteiger partial charge in [0.05, 0.1) is 17.5 Å². The normalized spacial score (nSPS) is 18.6. The summed E-state index contributed by atoms with van der Waals surface area (Å²) in [7, 11) is 1.59. The predicted molar refractivity (Wildman–Crippen MR) is 70.7 cm³/mol. The van der Waals surface area contributed by atoms with Gasteiger partial charge in [0.2, 0.25) is 0 Å². The third-order valence-electron chi connectivity index (χ3n) is 3.11. The van der Waals surface area contributed by atoms with E-state index in [1.165, 1.54) is 4.68 Å². The molecule has 100 valence electrons. The molecule has 18 heavy (non-hydrogen) atoms. The third-order valence-corrected chi connectivity index (χ3v) is 3.88. The van der Waals surface area contributed by atoms with E-state index in [0.29, 0.717) is 42.8 Å². The Hall–Kier alpha value is -0.920. The van der Waals surface area contributed by atoms with Crippen LogP contribution in [0.2, 0.25) is 0 Å².